The van der Waals surface area contributed by atoms with E-state index in [1.807, 2.05) is 0 Å². The minimum atomic E-state index is -0.691. The van der Waals surface area contributed by atoms with Crippen LogP contribution in [0.25, 0.3) is 17.0 Å². The molecule has 266 valence electrons. The summed E-state index contributed by atoms with van der Waals surface area (Å²) < 4.78 is 12.5. The minimum absolute atomic E-state index is 0.0275. The van der Waals surface area contributed by atoms with Gasteiger partial charge in [-0.3, -0.25) is 9.78 Å². The number of hydrogen-bond donors (Lipinski definition) is 1. The molecule has 0 aliphatic carbocycles. The highest BCUT2D eigenvalue weighted by molar-refractivity contribution is 6.35. The van der Waals surface area contributed by atoms with E-state index >= 15 is 0 Å². The summed E-state index contributed by atoms with van der Waals surface area (Å²) in [6.07, 6.45) is 24.7. The Balaban J connectivity index is 1.63. The van der Waals surface area contributed by atoms with Gasteiger partial charge in [-0.2, -0.15) is 0 Å². The molecule has 0 amide bonds. The van der Waals surface area contributed by atoms with Gasteiger partial charge in [0, 0.05) is 22.0 Å². The number of hydrogen-bond acceptors (Lipinski definition) is 6. The van der Waals surface area contributed by atoms with Crippen LogP contribution < -0.4 is 10.4 Å². The van der Waals surface area contributed by atoms with Crippen LogP contribution >= 0.6 is 23.2 Å². The molecule has 0 bridgehead atoms. The number of aromatic amines is 1. The second kappa shape index (κ2) is 22.7. The van der Waals surface area contributed by atoms with Crippen LogP contribution in [0.3, 0.4) is 0 Å². The first-order valence-corrected chi connectivity index (χ1v) is 19.1. The summed E-state index contributed by atoms with van der Waals surface area (Å²) in [6.45, 7) is 4.67. The highest BCUT2D eigenvalue weighted by atomic mass is 35.5. The van der Waals surface area contributed by atoms with Crippen molar-refractivity contribution in [2.24, 2.45) is 0 Å². The first-order chi connectivity index (χ1) is 23.3. The quantitative estimate of drug-likeness (QED) is 0.0695. The highest BCUT2D eigenvalue weighted by Crippen LogP contribution is 2.29. The first-order valence-electron chi connectivity index (χ1n) is 18.3. The number of aromatic nitrogens is 3. The molecule has 1 aromatic carbocycles. The van der Waals surface area contributed by atoms with Gasteiger partial charge in [0.05, 0.1) is 12.8 Å². The SMILES string of the molecule is CCCCCCCCCCCCOC(=O)c1c(OC(=O)CCCCCCCCCCCC)cn2c(=O)[nH]c(-c3cc(Cl)cc(Cl)c3)nc12. The average Bonchev–Trinajstić information content (AvgIpc) is 3.42. The van der Waals surface area contributed by atoms with Gasteiger partial charge in [0.2, 0.25) is 0 Å². The summed E-state index contributed by atoms with van der Waals surface area (Å²) in [5, 5.41) is 0.737. The zero-order valence-corrected chi connectivity index (χ0v) is 30.6. The zero-order valence-electron chi connectivity index (χ0n) is 29.1. The summed E-state index contributed by atoms with van der Waals surface area (Å²) in [7, 11) is 0. The van der Waals surface area contributed by atoms with Crippen LogP contribution in [-0.2, 0) is 9.53 Å². The molecule has 0 radical (unpaired) electrons. The number of halogens is 2. The van der Waals surface area contributed by atoms with Crippen LogP contribution in [0.15, 0.2) is 29.2 Å². The van der Waals surface area contributed by atoms with E-state index in [0.717, 1.165) is 42.9 Å². The van der Waals surface area contributed by atoms with Crippen LogP contribution in [0.4, 0.5) is 0 Å². The fourth-order valence-corrected chi connectivity index (χ4v) is 6.41. The third-order valence-corrected chi connectivity index (χ3v) is 9.07. The number of rotatable bonds is 25. The van der Waals surface area contributed by atoms with E-state index in [1.54, 1.807) is 18.2 Å². The molecule has 0 saturated carbocycles. The summed E-state index contributed by atoms with van der Waals surface area (Å²) in [4.78, 5) is 46.8. The molecule has 0 fully saturated rings. The number of nitrogens with one attached hydrogen (secondary N) is 1. The van der Waals surface area contributed by atoms with Crippen molar-refractivity contribution in [1.29, 1.82) is 0 Å². The van der Waals surface area contributed by atoms with Crippen molar-refractivity contribution in [1.82, 2.24) is 14.4 Å². The number of ether oxygens (including phenoxy) is 2. The molecular weight excluding hydrogens is 649 g/mol. The predicted octanol–water partition coefficient (Wildman–Crippen LogP) is 11.3. The van der Waals surface area contributed by atoms with E-state index < -0.39 is 17.6 Å². The molecule has 1 N–H and O–H groups in total. The van der Waals surface area contributed by atoms with Crippen molar-refractivity contribution < 1.29 is 19.1 Å². The molecule has 8 nitrogen and oxygen atoms in total. The molecule has 3 aromatic rings. The summed E-state index contributed by atoms with van der Waals surface area (Å²) >= 11 is 12.4. The van der Waals surface area contributed by atoms with E-state index in [1.165, 1.54) is 89.7 Å². The van der Waals surface area contributed by atoms with Crippen LogP contribution in [0.5, 0.6) is 5.75 Å². The molecule has 0 atom stereocenters. The molecule has 2 heterocycles. The third kappa shape index (κ3) is 13.9. The molecule has 2 aromatic heterocycles. The Morgan fingerprint density at radius 3 is 1.77 bits per heavy atom. The Kier molecular flexibility index (Phi) is 18.7. The lowest BCUT2D eigenvalue weighted by molar-refractivity contribution is -0.134. The number of carbonyl (C=O) groups excluding carboxylic acids is 2. The van der Waals surface area contributed by atoms with Crippen LogP contribution in [0, 0.1) is 0 Å². The Morgan fingerprint density at radius 2 is 1.23 bits per heavy atom. The fourth-order valence-electron chi connectivity index (χ4n) is 5.89. The number of unbranched alkanes of at least 4 members (excludes halogenated alkanes) is 18. The van der Waals surface area contributed by atoms with Crippen molar-refractivity contribution in [3.8, 4) is 17.1 Å². The normalized spacial score (nSPS) is 11.3. The Hall–Kier alpha value is -2.84. The van der Waals surface area contributed by atoms with Gasteiger partial charge in [-0.05, 0) is 31.0 Å². The topological polar surface area (TPSA) is 103 Å². The minimum Gasteiger partial charge on any atom is -0.462 e. The average molecular weight is 705 g/mol. The maximum Gasteiger partial charge on any atom is 0.345 e. The zero-order chi connectivity index (χ0) is 34.6. The van der Waals surface area contributed by atoms with E-state index in [4.69, 9.17) is 32.7 Å². The summed E-state index contributed by atoms with van der Waals surface area (Å²) in [5.41, 5.74) is -0.122. The largest absolute Gasteiger partial charge is 0.462 e. The summed E-state index contributed by atoms with van der Waals surface area (Å²) in [6, 6.07) is 4.80. The number of carbonyl (C=O) groups is 2. The lowest BCUT2D eigenvalue weighted by Gasteiger charge is -2.08. The van der Waals surface area contributed by atoms with Gasteiger partial charge >= 0.3 is 17.6 Å². The van der Waals surface area contributed by atoms with Crippen molar-refractivity contribution in [3.05, 3.63) is 50.5 Å². The van der Waals surface area contributed by atoms with E-state index in [0.29, 0.717) is 22.0 Å². The molecule has 0 unspecified atom stereocenters. The van der Waals surface area contributed by atoms with Crippen LogP contribution in [0.2, 0.25) is 10.0 Å². The maximum atomic E-state index is 13.5. The number of fused-ring (bicyclic) bond motifs is 1. The monoisotopic (exact) mass is 703 g/mol. The van der Waals surface area contributed by atoms with Crippen molar-refractivity contribution in [2.75, 3.05) is 6.61 Å². The standard InChI is InChI=1S/C38H55Cl2N3O5/c1-3-5-7-9-11-13-15-17-19-21-23-33(44)48-32-28-43-36(41-35(42-38(43)46)29-25-30(39)27-31(40)26-29)34(32)37(45)47-24-22-20-18-16-14-12-10-8-6-4-2/h25-28H,3-24H2,1-2H3,(H,41,42,46). The van der Waals surface area contributed by atoms with E-state index in [2.05, 4.69) is 23.8 Å². The molecule has 48 heavy (non-hydrogen) atoms. The van der Waals surface area contributed by atoms with Crippen molar-refractivity contribution in [2.45, 2.75) is 149 Å². The molecule has 0 aliphatic rings. The molecule has 0 saturated heterocycles. The molecular formula is C38H55Cl2N3O5. The Bertz CT molecular complexity index is 1450. The lowest BCUT2D eigenvalue weighted by atomic mass is 10.1. The second-order valence-electron chi connectivity index (χ2n) is 12.8. The Labute approximate surface area is 296 Å². The molecule has 10 heteroatoms. The van der Waals surface area contributed by atoms with Gasteiger partial charge in [-0.25, -0.2) is 19.0 Å². The van der Waals surface area contributed by atoms with E-state index in [9.17, 15) is 14.4 Å². The Morgan fingerprint density at radius 1 is 0.729 bits per heavy atom. The van der Waals surface area contributed by atoms with Gasteiger partial charge in [0.15, 0.2) is 11.4 Å². The number of benzene rings is 1. The molecule has 0 aliphatic heterocycles. The predicted molar refractivity (Wildman–Crippen MR) is 195 cm³/mol. The number of H-pyrrole nitrogens is 1. The first kappa shape index (κ1) is 39.6. The van der Waals surface area contributed by atoms with Crippen molar-refractivity contribution >= 4 is 40.8 Å². The van der Waals surface area contributed by atoms with Gasteiger partial charge in [0.25, 0.3) is 0 Å². The lowest BCUT2D eigenvalue weighted by Crippen LogP contribution is -2.18. The van der Waals surface area contributed by atoms with Crippen molar-refractivity contribution in [3.63, 3.8) is 0 Å². The van der Waals surface area contributed by atoms with Crippen LogP contribution in [-0.4, -0.2) is 32.9 Å². The van der Waals surface area contributed by atoms with Gasteiger partial charge < -0.3 is 9.47 Å². The number of nitrogens with zero attached hydrogens (tertiary/aromatic N) is 2. The van der Waals surface area contributed by atoms with Gasteiger partial charge in [0.1, 0.15) is 11.4 Å². The number of esters is 2. The van der Waals surface area contributed by atoms with E-state index in [-0.39, 0.29) is 35.8 Å². The fraction of sp³-hybridized carbons (Fsp3) is 0.632. The van der Waals surface area contributed by atoms with Gasteiger partial charge in [-0.15, -0.1) is 0 Å². The second-order valence-corrected chi connectivity index (χ2v) is 13.7. The van der Waals surface area contributed by atoms with Crippen LogP contribution in [0.1, 0.15) is 159 Å². The third-order valence-electron chi connectivity index (χ3n) is 8.64. The maximum absolute atomic E-state index is 13.5. The smallest absolute Gasteiger partial charge is 0.345 e. The molecule has 3 rings (SSSR count). The van der Waals surface area contributed by atoms with Gasteiger partial charge in [-0.1, -0.05) is 153 Å². The summed E-state index contributed by atoms with van der Waals surface area (Å²) in [5.74, 6) is -1.03. The molecule has 0 spiro atoms. The highest BCUT2D eigenvalue weighted by Gasteiger charge is 2.26.